The lowest BCUT2D eigenvalue weighted by Gasteiger charge is -2.30. The van der Waals surface area contributed by atoms with Crippen molar-refractivity contribution in [3.05, 3.63) is 41.9 Å². The van der Waals surface area contributed by atoms with Gasteiger partial charge in [-0.25, -0.2) is 0 Å². The molecular formula is C12H13BF2N2O. The van der Waals surface area contributed by atoms with Crippen molar-refractivity contribution in [3.8, 4) is 0 Å². The van der Waals surface area contributed by atoms with Crippen LogP contribution in [0.3, 0.4) is 0 Å². The van der Waals surface area contributed by atoms with E-state index in [2.05, 4.69) is 0 Å². The van der Waals surface area contributed by atoms with E-state index in [-0.39, 0.29) is 0 Å². The molecule has 0 unspecified atom stereocenters. The first-order valence-electron chi connectivity index (χ1n) is 6.03. The van der Waals surface area contributed by atoms with Crippen LogP contribution in [0, 0.1) is 0 Å². The van der Waals surface area contributed by atoms with Crippen LogP contribution in [0.4, 0.5) is 8.63 Å². The molecule has 3 rings (SSSR count). The number of hydrogen-bond donors (Lipinski definition) is 0. The minimum atomic E-state index is -3.80. The first kappa shape index (κ1) is 11.3. The highest BCUT2D eigenvalue weighted by atomic mass is 19.2. The van der Waals surface area contributed by atoms with Gasteiger partial charge in [-0.3, -0.25) is 0 Å². The molecule has 2 aliphatic rings. The molecule has 94 valence electrons. The largest absolute Gasteiger partial charge is 0.737 e. The maximum atomic E-state index is 14.3. The maximum absolute atomic E-state index is 14.3. The zero-order valence-corrected chi connectivity index (χ0v) is 10.0. The van der Waals surface area contributed by atoms with Gasteiger partial charge in [-0.2, -0.15) is 0 Å². The van der Waals surface area contributed by atoms with Crippen LogP contribution in [-0.2, 0) is 4.74 Å². The minimum Gasteiger partial charge on any atom is -0.486 e. The van der Waals surface area contributed by atoms with Crippen molar-refractivity contribution >= 4 is 18.9 Å². The summed E-state index contributed by atoms with van der Waals surface area (Å²) < 4.78 is 36.2. The van der Waals surface area contributed by atoms with E-state index in [4.69, 9.17) is 4.74 Å². The fourth-order valence-electron chi connectivity index (χ4n) is 2.33. The molecule has 2 aliphatic heterocycles. The molecule has 1 aromatic rings. The van der Waals surface area contributed by atoms with Crippen molar-refractivity contribution in [1.29, 1.82) is 0 Å². The Morgan fingerprint density at radius 2 is 2.28 bits per heavy atom. The van der Waals surface area contributed by atoms with E-state index in [1.807, 2.05) is 6.92 Å². The Morgan fingerprint density at radius 3 is 3.06 bits per heavy atom. The maximum Gasteiger partial charge on any atom is 0.737 e. The van der Waals surface area contributed by atoms with Crippen LogP contribution in [0.2, 0.25) is 0 Å². The highest BCUT2D eigenvalue weighted by Gasteiger charge is 2.51. The number of ether oxygens (including phenoxy) is 1. The third kappa shape index (κ3) is 1.38. The number of allylic oxidation sites excluding steroid dienone is 2. The molecule has 0 spiro atoms. The van der Waals surface area contributed by atoms with Crippen LogP contribution >= 0.6 is 0 Å². The molecule has 3 heterocycles. The van der Waals surface area contributed by atoms with Crippen molar-refractivity contribution in [2.75, 3.05) is 6.61 Å². The fraction of sp³-hybridized carbons (Fsp3) is 0.250. The summed E-state index contributed by atoms with van der Waals surface area (Å²) in [7, 11) is 0. The Bertz CT molecular complexity index is 587. The van der Waals surface area contributed by atoms with Crippen LogP contribution in [-0.4, -0.2) is 28.8 Å². The number of hydrogen-bond acceptors (Lipinski definition) is 1. The van der Waals surface area contributed by atoms with Gasteiger partial charge in [-0.1, -0.05) is 6.92 Å². The fourth-order valence-corrected chi connectivity index (χ4v) is 2.33. The first-order chi connectivity index (χ1) is 8.66. The number of halogens is 2. The summed E-state index contributed by atoms with van der Waals surface area (Å²) in [5, 5.41) is 0. The van der Waals surface area contributed by atoms with Gasteiger partial charge in [-0.15, -0.1) is 0 Å². The topological polar surface area (TPSA) is 17.2 Å². The van der Waals surface area contributed by atoms with Gasteiger partial charge in [0.25, 0.3) is 0 Å². The number of fused-ring (bicyclic) bond motifs is 2. The predicted octanol–water partition coefficient (Wildman–Crippen LogP) is 2.47. The summed E-state index contributed by atoms with van der Waals surface area (Å²) in [5.41, 5.74) is 0.888. The molecule has 0 radical (unpaired) electrons. The quantitative estimate of drug-likeness (QED) is 0.753. The molecule has 1 aromatic heterocycles. The average Bonchev–Trinajstić information content (AvgIpc) is 2.97. The van der Waals surface area contributed by atoms with Gasteiger partial charge in [0, 0.05) is 12.2 Å². The zero-order chi connectivity index (χ0) is 12.8. The molecule has 0 atom stereocenters. The normalized spacial score (nSPS) is 19.6. The molecule has 3 nitrogen and oxygen atoms in total. The summed E-state index contributed by atoms with van der Waals surface area (Å²) in [6, 6.07) is 3.28. The molecule has 0 saturated carbocycles. The lowest BCUT2D eigenvalue weighted by molar-refractivity contribution is -0.358. The van der Waals surface area contributed by atoms with Crippen molar-refractivity contribution in [2.24, 2.45) is 0 Å². The number of aromatic nitrogens is 1. The van der Waals surface area contributed by atoms with E-state index >= 15 is 0 Å². The van der Waals surface area contributed by atoms with Gasteiger partial charge < -0.3 is 22.3 Å². The highest BCUT2D eigenvalue weighted by molar-refractivity contribution is 6.57. The Hall–Kier alpha value is -1.85. The van der Waals surface area contributed by atoms with Crippen LogP contribution in [0.5, 0.6) is 0 Å². The Kier molecular flexibility index (Phi) is 2.40. The summed E-state index contributed by atoms with van der Waals surface area (Å²) in [4.78, 5) is 0. The summed E-state index contributed by atoms with van der Waals surface area (Å²) in [6.45, 7) is -1.30. The summed E-state index contributed by atoms with van der Waals surface area (Å²) >= 11 is 0. The molecule has 0 N–H and O–H groups in total. The van der Waals surface area contributed by atoms with Gasteiger partial charge in [0.2, 0.25) is 11.5 Å². The molecular weight excluding hydrogens is 237 g/mol. The van der Waals surface area contributed by atoms with Gasteiger partial charge in [-0.05, 0) is 24.8 Å². The summed E-state index contributed by atoms with van der Waals surface area (Å²) in [6.07, 6.45) is 6.91. The van der Waals surface area contributed by atoms with Crippen LogP contribution in [0.25, 0.3) is 5.76 Å². The Balaban J connectivity index is 2.17. The molecule has 0 amide bonds. The Labute approximate surface area is 104 Å². The first-order valence-corrected chi connectivity index (χ1v) is 6.03. The van der Waals surface area contributed by atoms with Gasteiger partial charge in [0.05, 0.1) is 12.3 Å². The van der Waals surface area contributed by atoms with E-state index in [1.165, 1.54) is 12.4 Å². The van der Waals surface area contributed by atoms with E-state index in [9.17, 15) is 8.63 Å². The van der Waals surface area contributed by atoms with Gasteiger partial charge in [0.15, 0.2) is 0 Å². The predicted molar refractivity (Wildman–Crippen MR) is 66.4 cm³/mol. The Morgan fingerprint density at radius 1 is 1.44 bits per heavy atom. The standard InChI is InChI=1S/C12H13BF2N2O/c1-2-9-18-12-10-5-3-7-16(10)13(14,15)17-8-4-6-11(12)17/h3-8H,2,9H2,1H3. The average molecular weight is 250 g/mol. The van der Waals surface area contributed by atoms with E-state index in [0.29, 0.717) is 23.8 Å². The van der Waals surface area contributed by atoms with Crippen LogP contribution in [0.1, 0.15) is 19.0 Å². The van der Waals surface area contributed by atoms with Crippen molar-refractivity contribution in [3.63, 3.8) is 0 Å². The second-order valence-corrected chi connectivity index (χ2v) is 4.37. The molecule has 0 saturated heterocycles. The van der Waals surface area contributed by atoms with Gasteiger partial charge in [0.1, 0.15) is 6.21 Å². The summed E-state index contributed by atoms with van der Waals surface area (Å²) in [5.74, 6) is 0.527. The molecule has 0 fully saturated rings. The van der Waals surface area contributed by atoms with E-state index < -0.39 is 6.97 Å². The molecule has 0 aliphatic carbocycles. The molecule has 0 bridgehead atoms. The SMILES string of the molecule is CCCOC1=C2C=CC=[N+]2[B-](F)(F)n2cccc21. The van der Waals surface area contributed by atoms with Gasteiger partial charge >= 0.3 is 6.97 Å². The van der Waals surface area contributed by atoms with E-state index in [1.54, 1.807) is 24.3 Å². The van der Waals surface area contributed by atoms with Crippen LogP contribution in [0.15, 0.2) is 36.2 Å². The molecule has 18 heavy (non-hydrogen) atoms. The van der Waals surface area contributed by atoms with Crippen molar-refractivity contribution in [2.45, 2.75) is 13.3 Å². The van der Waals surface area contributed by atoms with Crippen LogP contribution < -0.4 is 0 Å². The number of nitrogens with zero attached hydrogens (tertiary/aromatic N) is 2. The zero-order valence-electron chi connectivity index (χ0n) is 10.0. The third-order valence-electron chi connectivity index (χ3n) is 3.14. The second-order valence-electron chi connectivity index (χ2n) is 4.37. The van der Waals surface area contributed by atoms with E-state index in [0.717, 1.165) is 15.4 Å². The lowest BCUT2D eigenvalue weighted by atomic mass is 9.91. The highest BCUT2D eigenvalue weighted by Crippen LogP contribution is 2.35. The van der Waals surface area contributed by atoms with Crippen molar-refractivity contribution in [1.82, 2.24) is 4.48 Å². The van der Waals surface area contributed by atoms with Crippen molar-refractivity contribution < 1.29 is 17.9 Å². The molecule has 0 aromatic carbocycles. The minimum absolute atomic E-state index is 0.444. The smallest absolute Gasteiger partial charge is 0.486 e. The molecule has 6 heteroatoms. The second kappa shape index (κ2) is 3.83. The number of rotatable bonds is 3. The third-order valence-corrected chi connectivity index (χ3v) is 3.14. The monoisotopic (exact) mass is 250 g/mol. The lowest BCUT2D eigenvalue weighted by Crippen LogP contribution is -2.49.